The first-order valence-electron chi connectivity index (χ1n) is 7.90. The molecule has 148 valence electrons. The molecule has 0 aromatic carbocycles. The number of aromatic nitrogens is 4. The van der Waals surface area contributed by atoms with Crippen LogP contribution in [0.5, 0.6) is 0 Å². The summed E-state index contributed by atoms with van der Waals surface area (Å²) in [5, 5.41) is 5.14. The number of alkyl halides is 3. The molecular weight excluding hydrogens is 404 g/mol. The van der Waals surface area contributed by atoms with Gasteiger partial charge in [0.25, 0.3) is 0 Å². The van der Waals surface area contributed by atoms with Gasteiger partial charge in [0, 0.05) is 23.3 Å². The average Bonchev–Trinajstić information content (AvgIpc) is 3.03. The van der Waals surface area contributed by atoms with E-state index >= 15 is 0 Å². The topological polar surface area (TPSA) is 95.6 Å². The number of hydrogen-bond acceptors (Lipinski definition) is 5. The van der Waals surface area contributed by atoms with Crippen molar-refractivity contribution in [2.75, 3.05) is 11.9 Å². The summed E-state index contributed by atoms with van der Waals surface area (Å²) in [6.07, 6.45) is -0.649. The molecular formula is C16H13ClF4N6O. The van der Waals surface area contributed by atoms with Crippen LogP contribution >= 0.6 is 11.6 Å². The van der Waals surface area contributed by atoms with E-state index in [1.807, 2.05) is 0 Å². The van der Waals surface area contributed by atoms with Crippen LogP contribution in [0.3, 0.4) is 0 Å². The van der Waals surface area contributed by atoms with Crippen molar-refractivity contribution in [2.45, 2.75) is 19.1 Å². The standard InChI is InChI=1S/C16H13ClF4N6O/c1-7(15(28)25-6-16(19,20)21)26-14-11(18)5-24-13(27-14)10-4-23-12-9(10)2-8(17)3-22-12/h2-5,7H,6H2,1H3,(H,22,23)(H,25,28)(H,24,26,27)/t7-/m0/s1. The van der Waals surface area contributed by atoms with E-state index in [1.54, 1.807) is 17.6 Å². The predicted octanol–water partition coefficient (Wildman–Crippen LogP) is 3.29. The van der Waals surface area contributed by atoms with Crippen LogP contribution in [0.1, 0.15) is 6.92 Å². The van der Waals surface area contributed by atoms with Crippen molar-refractivity contribution in [1.82, 2.24) is 25.3 Å². The Morgan fingerprint density at radius 3 is 2.79 bits per heavy atom. The number of anilines is 1. The van der Waals surface area contributed by atoms with Gasteiger partial charge in [-0.05, 0) is 13.0 Å². The third-order valence-electron chi connectivity index (χ3n) is 3.69. The van der Waals surface area contributed by atoms with E-state index in [1.165, 1.54) is 13.1 Å². The molecule has 0 spiro atoms. The first-order chi connectivity index (χ1) is 13.1. The van der Waals surface area contributed by atoms with Gasteiger partial charge in [-0.15, -0.1) is 0 Å². The normalized spacial score (nSPS) is 12.8. The number of nitrogens with zero attached hydrogens (tertiary/aromatic N) is 3. The van der Waals surface area contributed by atoms with Crippen LogP contribution in [0.25, 0.3) is 22.4 Å². The van der Waals surface area contributed by atoms with Crippen molar-refractivity contribution in [3.05, 3.63) is 35.5 Å². The molecule has 3 N–H and O–H groups in total. The molecule has 0 fully saturated rings. The number of pyridine rings is 1. The molecule has 0 saturated heterocycles. The van der Waals surface area contributed by atoms with Crippen molar-refractivity contribution >= 4 is 34.4 Å². The minimum atomic E-state index is -4.55. The number of aromatic amines is 1. The number of carbonyl (C=O) groups excluding carboxylic acids is 1. The number of halogens is 5. The summed E-state index contributed by atoms with van der Waals surface area (Å²) in [5.74, 6) is -2.04. The Balaban J connectivity index is 1.83. The summed E-state index contributed by atoms with van der Waals surface area (Å²) < 4.78 is 50.7. The van der Waals surface area contributed by atoms with Crippen LogP contribution in [0.4, 0.5) is 23.4 Å². The summed E-state index contributed by atoms with van der Waals surface area (Å²) in [4.78, 5) is 26.7. The molecule has 0 aliphatic carbocycles. The maximum absolute atomic E-state index is 14.0. The summed E-state index contributed by atoms with van der Waals surface area (Å²) in [5.41, 5.74) is 1.00. The Morgan fingerprint density at radius 1 is 1.32 bits per heavy atom. The molecule has 1 amide bonds. The summed E-state index contributed by atoms with van der Waals surface area (Å²) in [7, 11) is 0. The zero-order valence-corrected chi connectivity index (χ0v) is 15.0. The van der Waals surface area contributed by atoms with E-state index in [2.05, 4.69) is 25.3 Å². The molecule has 7 nitrogen and oxygen atoms in total. The first-order valence-corrected chi connectivity index (χ1v) is 8.28. The number of nitrogens with one attached hydrogen (secondary N) is 3. The molecule has 12 heteroatoms. The fourth-order valence-corrected chi connectivity index (χ4v) is 2.53. The number of rotatable bonds is 5. The lowest BCUT2D eigenvalue weighted by Crippen LogP contribution is -2.42. The lowest BCUT2D eigenvalue weighted by atomic mass is 10.2. The van der Waals surface area contributed by atoms with Gasteiger partial charge in [-0.2, -0.15) is 13.2 Å². The van der Waals surface area contributed by atoms with Crippen molar-refractivity contribution in [1.29, 1.82) is 0 Å². The lowest BCUT2D eigenvalue weighted by Gasteiger charge is -2.16. The van der Waals surface area contributed by atoms with Gasteiger partial charge < -0.3 is 15.6 Å². The predicted molar refractivity (Wildman–Crippen MR) is 94.2 cm³/mol. The van der Waals surface area contributed by atoms with Crippen LogP contribution in [-0.4, -0.2) is 44.6 Å². The van der Waals surface area contributed by atoms with E-state index in [0.717, 1.165) is 6.20 Å². The lowest BCUT2D eigenvalue weighted by molar-refractivity contribution is -0.138. The van der Waals surface area contributed by atoms with Crippen LogP contribution in [0.2, 0.25) is 5.02 Å². The van der Waals surface area contributed by atoms with Gasteiger partial charge in [0.2, 0.25) is 5.91 Å². The van der Waals surface area contributed by atoms with E-state index in [9.17, 15) is 22.4 Å². The molecule has 0 saturated carbocycles. The van der Waals surface area contributed by atoms with Crippen LogP contribution < -0.4 is 10.6 Å². The van der Waals surface area contributed by atoms with E-state index in [-0.39, 0.29) is 11.6 Å². The van der Waals surface area contributed by atoms with E-state index in [4.69, 9.17) is 11.6 Å². The number of hydrogen-bond donors (Lipinski definition) is 3. The average molecular weight is 417 g/mol. The summed E-state index contributed by atoms with van der Waals surface area (Å²) in [6, 6.07) is 0.460. The highest BCUT2D eigenvalue weighted by Crippen LogP contribution is 2.28. The Hall–Kier alpha value is -2.95. The smallest absolute Gasteiger partial charge is 0.356 e. The fourth-order valence-electron chi connectivity index (χ4n) is 2.37. The SMILES string of the molecule is C[C@H](Nc1nc(-c2c[nH]c3ncc(Cl)cc23)ncc1F)C(=O)NCC(F)(F)F. The third kappa shape index (κ3) is 4.47. The molecule has 3 heterocycles. The summed E-state index contributed by atoms with van der Waals surface area (Å²) in [6.45, 7) is -0.208. The second-order valence-corrected chi connectivity index (χ2v) is 6.28. The van der Waals surface area contributed by atoms with Gasteiger partial charge in [0.05, 0.1) is 11.2 Å². The van der Waals surface area contributed by atoms with Gasteiger partial charge in [-0.25, -0.2) is 19.3 Å². The molecule has 0 bridgehead atoms. The minimum Gasteiger partial charge on any atom is -0.356 e. The van der Waals surface area contributed by atoms with Crippen molar-refractivity contribution in [2.24, 2.45) is 0 Å². The monoisotopic (exact) mass is 416 g/mol. The highest BCUT2D eigenvalue weighted by Gasteiger charge is 2.29. The molecule has 0 aliphatic heterocycles. The molecule has 0 unspecified atom stereocenters. The number of fused-ring (bicyclic) bond motifs is 1. The second kappa shape index (κ2) is 7.58. The molecule has 3 rings (SSSR count). The molecule has 3 aromatic heterocycles. The van der Waals surface area contributed by atoms with Crippen molar-refractivity contribution in [3.8, 4) is 11.4 Å². The highest BCUT2D eigenvalue weighted by atomic mass is 35.5. The van der Waals surface area contributed by atoms with Crippen LogP contribution in [0, 0.1) is 5.82 Å². The van der Waals surface area contributed by atoms with Crippen LogP contribution in [-0.2, 0) is 4.79 Å². The molecule has 0 radical (unpaired) electrons. The molecule has 0 aliphatic rings. The Bertz CT molecular complexity index is 1020. The van der Waals surface area contributed by atoms with Gasteiger partial charge in [-0.3, -0.25) is 4.79 Å². The van der Waals surface area contributed by atoms with Gasteiger partial charge in [0.15, 0.2) is 17.5 Å². The summed E-state index contributed by atoms with van der Waals surface area (Å²) >= 11 is 5.94. The largest absolute Gasteiger partial charge is 0.405 e. The van der Waals surface area contributed by atoms with Gasteiger partial charge in [-0.1, -0.05) is 11.6 Å². The zero-order chi connectivity index (χ0) is 20.5. The van der Waals surface area contributed by atoms with E-state index < -0.39 is 30.5 Å². The molecule has 1 atom stereocenters. The first kappa shape index (κ1) is 19.8. The third-order valence-corrected chi connectivity index (χ3v) is 3.90. The maximum atomic E-state index is 14.0. The molecule has 28 heavy (non-hydrogen) atoms. The second-order valence-electron chi connectivity index (χ2n) is 5.84. The number of amides is 1. The Kier molecular flexibility index (Phi) is 5.36. The maximum Gasteiger partial charge on any atom is 0.405 e. The fraction of sp³-hybridized carbons (Fsp3) is 0.250. The van der Waals surface area contributed by atoms with Gasteiger partial charge in [0.1, 0.15) is 18.2 Å². The Labute approximate surface area is 160 Å². The zero-order valence-electron chi connectivity index (χ0n) is 14.2. The number of H-pyrrole nitrogens is 1. The van der Waals surface area contributed by atoms with Crippen molar-refractivity contribution in [3.63, 3.8) is 0 Å². The highest BCUT2D eigenvalue weighted by molar-refractivity contribution is 6.31. The van der Waals surface area contributed by atoms with Crippen molar-refractivity contribution < 1.29 is 22.4 Å². The minimum absolute atomic E-state index is 0.113. The Morgan fingerprint density at radius 2 is 2.07 bits per heavy atom. The molecule has 3 aromatic rings. The quantitative estimate of drug-likeness (QED) is 0.555. The number of carbonyl (C=O) groups is 1. The van der Waals surface area contributed by atoms with Gasteiger partial charge >= 0.3 is 6.18 Å². The van der Waals surface area contributed by atoms with Crippen LogP contribution in [0.15, 0.2) is 24.7 Å². The van der Waals surface area contributed by atoms with E-state index in [0.29, 0.717) is 21.6 Å².